The Kier molecular flexibility index (Phi) is 3.55. The molecule has 112 valence electrons. The lowest BCUT2D eigenvalue weighted by molar-refractivity contribution is -0.140. The first-order chi connectivity index (χ1) is 10.6. The monoisotopic (exact) mass is 295 g/mol. The van der Waals surface area contributed by atoms with Crippen LogP contribution in [0.1, 0.15) is 24.4 Å². The molecule has 0 fully saturated rings. The number of nitrogen functional groups attached to an aromatic ring is 1. The molecule has 5 nitrogen and oxygen atoms in total. The first kappa shape index (κ1) is 14.1. The first-order valence-corrected chi connectivity index (χ1v) is 7.10. The minimum absolute atomic E-state index is 0.558. The molecule has 2 aromatic carbocycles. The summed E-state index contributed by atoms with van der Waals surface area (Å²) in [5, 5.41) is 9.39. The fourth-order valence-electron chi connectivity index (χ4n) is 2.63. The second kappa shape index (κ2) is 5.52. The standard InChI is InChI=1S/C17H17N3O2/c1-11(17(21)22)20-14-9-5-8-13(18)16(14)19-15(20)10-12-6-3-2-4-7-12/h2-9,11H,10,18H2,1H3,(H,21,22). The summed E-state index contributed by atoms with van der Waals surface area (Å²) < 4.78 is 1.75. The van der Waals surface area contributed by atoms with Gasteiger partial charge in [-0.1, -0.05) is 36.4 Å². The van der Waals surface area contributed by atoms with E-state index in [1.165, 1.54) is 0 Å². The van der Waals surface area contributed by atoms with Crippen LogP contribution in [0.5, 0.6) is 0 Å². The van der Waals surface area contributed by atoms with Gasteiger partial charge in [-0.3, -0.25) is 0 Å². The molecule has 3 N–H and O–H groups in total. The lowest BCUT2D eigenvalue weighted by atomic mass is 10.1. The molecule has 0 aliphatic rings. The maximum atomic E-state index is 11.5. The third kappa shape index (κ3) is 2.41. The average Bonchev–Trinajstić information content (AvgIpc) is 2.87. The van der Waals surface area contributed by atoms with Crippen LogP contribution < -0.4 is 5.73 Å². The van der Waals surface area contributed by atoms with Crippen molar-refractivity contribution in [3.8, 4) is 0 Å². The third-order valence-electron chi connectivity index (χ3n) is 3.77. The predicted molar refractivity (Wildman–Crippen MR) is 85.7 cm³/mol. The molecule has 0 saturated carbocycles. The zero-order valence-electron chi connectivity index (χ0n) is 12.2. The van der Waals surface area contributed by atoms with Gasteiger partial charge in [0.05, 0.1) is 11.2 Å². The Balaban J connectivity index is 2.17. The highest BCUT2D eigenvalue weighted by atomic mass is 16.4. The Hall–Kier alpha value is -2.82. The van der Waals surface area contributed by atoms with Crippen molar-refractivity contribution in [1.82, 2.24) is 9.55 Å². The van der Waals surface area contributed by atoms with Crippen molar-refractivity contribution in [2.75, 3.05) is 5.73 Å². The van der Waals surface area contributed by atoms with Gasteiger partial charge >= 0.3 is 5.97 Å². The number of anilines is 1. The molecule has 0 bridgehead atoms. The second-order valence-electron chi connectivity index (χ2n) is 5.29. The van der Waals surface area contributed by atoms with Gasteiger partial charge in [0.1, 0.15) is 17.4 Å². The van der Waals surface area contributed by atoms with Crippen LogP contribution in [0, 0.1) is 0 Å². The van der Waals surface area contributed by atoms with Crippen molar-refractivity contribution >= 4 is 22.7 Å². The minimum Gasteiger partial charge on any atom is -0.480 e. The molecule has 0 spiro atoms. The highest BCUT2D eigenvalue weighted by molar-refractivity contribution is 5.89. The lowest BCUT2D eigenvalue weighted by Crippen LogP contribution is -2.18. The van der Waals surface area contributed by atoms with Crippen LogP contribution in [-0.4, -0.2) is 20.6 Å². The summed E-state index contributed by atoms with van der Waals surface area (Å²) in [6.45, 7) is 1.65. The molecule has 0 radical (unpaired) electrons. The van der Waals surface area contributed by atoms with Crippen molar-refractivity contribution in [3.63, 3.8) is 0 Å². The number of nitrogens with zero attached hydrogens (tertiary/aromatic N) is 2. The van der Waals surface area contributed by atoms with E-state index < -0.39 is 12.0 Å². The Bertz CT molecular complexity index is 825. The molecule has 1 atom stereocenters. The van der Waals surface area contributed by atoms with Gasteiger partial charge < -0.3 is 15.4 Å². The third-order valence-corrected chi connectivity index (χ3v) is 3.77. The molecule has 0 amide bonds. The van der Waals surface area contributed by atoms with Crippen LogP contribution in [0.25, 0.3) is 11.0 Å². The van der Waals surface area contributed by atoms with Gasteiger partial charge in [-0.15, -0.1) is 0 Å². The number of imidazole rings is 1. The van der Waals surface area contributed by atoms with Crippen LogP contribution in [0.15, 0.2) is 48.5 Å². The van der Waals surface area contributed by atoms with Crippen molar-refractivity contribution in [2.45, 2.75) is 19.4 Å². The largest absolute Gasteiger partial charge is 0.480 e. The number of hydrogen-bond donors (Lipinski definition) is 2. The smallest absolute Gasteiger partial charge is 0.326 e. The maximum absolute atomic E-state index is 11.5. The van der Waals surface area contributed by atoms with Gasteiger partial charge in [-0.25, -0.2) is 9.78 Å². The van der Waals surface area contributed by atoms with Gasteiger partial charge in [0.2, 0.25) is 0 Å². The number of carboxylic acid groups (broad SMARTS) is 1. The van der Waals surface area contributed by atoms with Crippen LogP contribution in [0.3, 0.4) is 0 Å². The SMILES string of the molecule is CC(C(=O)O)n1c(Cc2ccccc2)nc2c(N)cccc21. The topological polar surface area (TPSA) is 81.1 Å². The average molecular weight is 295 g/mol. The highest BCUT2D eigenvalue weighted by Gasteiger charge is 2.21. The van der Waals surface area contributed by atoms with Gasteiger partial charge in [-0.2, -0.15) is 0 Å². The molecule has 1 aromatic heterocycles. The fourth-order valence-corrected chi connectivity index (χ4v) is 2.63. The zero-order chi connectivity index (χ0) is 15.7. The van der Waals surface area contributed by atoms with E-state index in [0.717, 1.165) is 11.1 Å². The molecular weight excluding hydrogens is 278 g/mol. The van der Waals surface area contributed by atoms with E-state index in [1.54, 1.807) is 17.6 Å². The number of nitrogens with two attached hydrogens (primary N) is 1. The van der Waals surface area contributed by atoms with Gasteiger partial charge in [-0.05, 0) is 24.6 Å². The van der Waals surface area contributed by atoms with Crippen LogP contribution >= 0.6 is 0 Å². The van der Waals surface area contributed by atoms with E-state index in [-0.39, 0.29) is 0 Å². The van der Waals surface area contributed by atoms with Gasteiger partial charge in [0, 0.05) is 6.42 Å². The Labute approximate surface area is 128 Å². The van der Waals surface area contributed by atoms with E-state index in [4.69, 9.17) is 5.73 Å². The summed E-state index contributed by atoms with van der Waals surface area (Å²) >= 11 is 0. The van der Waals surface area contributed by atoms with E-state index >= 15 is 0 Å². The zero-order valence-corrected chi connectivity index (χ0v) is 12.2. The summed E-state index contributed by atoms with van der Waals surface area (Å²) in [6, 6.07) is 14.6. The lowest BCUT2D eigenvalue weighted by Gasteiger charge is -2.13. The second-order valence-corrected chi connectivity index (χ2v) is 5.29. The summed E-state index contributed by atoms with van der Waals surface area (Å²) in [5.41, 5.74) is 9.03. The quantitative estimate of drug-likeness (QED) is 0.725. The summed E-state index contributed by atoms with van der Waals surface area (Å²) in [5.74, 6) is -0.190. The van der Waals surface area contributed by atoms with Gasteiger partial charge in [0.25, 0.3) is 0 Å². The molecule has 22 heavy (non-hydrogen) atoms. The Morgan fingerprint density at radius 3 is 2.64 bits per heavy atom. The molecule has 3 rings (SSSR count). The van der Waals surface area contributed by atoms with Gasteiger partial charge in [0.15, 0.2) is 0 Å². The van der Waals surface area contributed by atoms with Crippen LogP contribution in [-0.2, 0) is 11.2 Å². The number of aromatic nitrogens is 2. The normalized spacial score (nSPS) is 12.4. The Morgan fingerprint density at radius 1 is 1.23 bits per heavy atom. The van der Waals surface area contributed by atoms with Crippen molar-refractivity contribution in [3.05, 3.63) is 59.9 Å². The molecule has 1 heterocycles. The van der Waals surface area contributed by atoms with Crippen molar-refractivity contribution in [1.29, 1.82) is 0 Å². The molecule has 3 aromatic rings. The highest BCUT2D eigenvalue weighted by Crippen LogP contribution is 2.26. The van der Waals surface area contributed by atoms with E-state index in [0.29, 0.717) is 23.4 Å². The number of rotatable bonds is 4. The molecule has 0 aliphatic heterocycles. The van der Waals surface area contributed by atoms with Crippen LogP contribution in [0.2, 0.25) is 0 Å². The number of carbonyl (C=O) groups is 1. The molecule has 0 aliphatic carbocycles. The minimum atomic E-state index is -0.893. The number of carboxylic acids is 1. The molecular formula is C17H17N3O2. The Morgan fingerprint density at radius 2 is 1.95 bits per heavy atom. The van der Waals surface area contributed by atoms with Crippen molar-refractivity contribution in [2.24, 2.45) is 0 Å². The number of hydrogen-bond acceptors (Lipinski definition) is 3. The molecule has 5 heteroatoms. The molecule has 1 unspecified atom stereocenters. The van der Waals surface area contributed by atoms with E-state index in [9.17, 15) is 9.90 Å². The summed E-state index contributed by atoms with van der Waals surface area (Å²) in [4.78, 5) is 16.0. The van der Waals surface area contributed by atoms with Crippen molar-refractivity contribution < 1.29 is 9.90 Å². The summed E-state index contributed by atoms with van der Waals surface area (Å²) in [6.07, 6.45) is 0.562. The fraction of sp³-hybridized carbons (Fsp3) is 0.176. The number of aliphatic carboxylic acids is 1. The maximum Gasteiger partial charge on any atom is 0.326 e. The summed E-state index contributed by atoms with van der Waals surface area (Å²) in [7, 11) is 0. The van der Waals surface area contributed by atoms with E-state index in [2.05, 4.69) is 4.98 Å². The molecule has 0 saturated heterocycles. The van der Waals surface area contributed by atoms with Crippen LogP contribution in [0.4, 0.5) is 5.69 Å². The number of para-hydroxylation sites is 1. The number of fused-ring (bicyclic) bond motifs is 1. The predicted octanol–water partition coefficient (Wildman–Crippen LogP) is 2.85. The van der Waals surface area contributed by atoms with E-state index in [1.807, 2.05) is 42.5 Å². The first-order valence-electron chi connectivity index (χ1n) is 7.10. The number of benzene rings is 2.